The average Bonchev–Trinajstić information content (AvgIpc) is 2.81. The fourth-order valence-corrected chi connectivity index (χ4v) is 4.22. The Morgan fingerprint density at radius 3 is 2.62 bits per heavy atom. The molecule has 8 heteroatoms. The summed E-state index contributed by atoms with van der Waals surface area (Å²) in [7, 11) is 0. The molecule has 1 aliphatic heterocycles. The second kappa shape index (κ2) is 10.5. The van der Waals surface area contributed by atoms with Crippen molar-refractivity contribution in [3.63, 3.8) is 0 Å². The van der Waals surface area contributed by atoms with Gasteiger partial charge in [-0.2, -0.15) is 13.2 Å². The van der Waals surface area contributed by atoms with E-state index in [-0.39, 0.29) is 18.3 Å². The van der Waals surface area contributed by atoms with Crippen LogP contribution in [0.25, 0.3) is 11.3 Å². The minimum absolute atomic E-state index is 0.0153. The summed E-state index contributed by atoms with van der Waals surface area (Å²) in [5.41, 5.74) is 3.84. The largest absolute Gasteiger partial charge is 0.508 e. The zero-order valence-electron chi connectivity index (χ0n) is 19.1. The lowest BCUT2D eigenvalue weighted by atomic mass is 10.0. The Morgan fingerprint density at radius 2 is 1.85 bits per heavy atom. The molecule has 0 bridgehead atoms. The summed E-state index contributed by atoms with van der Waals surface area (Å²) in [5.74, 6) is 1.01. The van der Waals surface area contributed by atoms with Crippen LogP contribution in [-0.2, 0) is 19.4 Å². The smallest absolute Gasteiger partial charge is 0.405 e. The molecule has 0 saturated carbocycles. The molecule has 0 radical (unpaired) electrons. The summed E-state index contributed by atoms with van der Waals surface area (Å²) >= 11 is 0. The van der Waals surface area contributed by atoms with Gasteiger partial charge >= 0.3 is 6.18 Å². The number of phenols is 1. The third-order valence-corrected chi connectivity index (χ3v) is 6.21. The molecule has 4 rings (SSSR count). The molecule has 1 aromatic heterocycles. The van der Waals surface area contributed by atoms with Crippen LogP contribution in [0.4, 0.5) is 13.2 Å². The van der Waals surface area contributed by atoms with Gasteiger partial charge in [-0.3, -0.25) is 4.90 Å². The summed E-state index contributed by atoms with van der Waals surface area (Å²) in [6.45, 7) is 2.64. The maximum Gasteiger partial charge on any atom is 0.405 e. The molecule has 2 aromatic carbocycles. The molecule has 5 nitrogen and oxygen atoms in total. The van der Waals surface area contributed by atoms with Gasteiger partial charge in [-0.15, -0.1) is 0 Å². The number of nitrogens with one attached hydrogen (secondary N) is 1. The van der Waals surface area contributed by atoms with Gasteiger partial charge in [0.2, 0.25) is 0 Å². The van der Waals surface area contributed by atoms with Gasteiger partial charge in [-0.25, -0.2) is 9.97 Å². The van der Waals surface area contributed by atoms with Crippen LogP contribution in [0.1, 0.15) is 30.3 Å². The highest BCUT2D eigenvalue weighted by Crippen LogP contribution is 2.26. The molecule has 0 spiro atoms. The van der Waals surface area contributed by atoms with E-state index in [1.54, 1.807) is 18.3 Å². The van der Waals surface area contributed by atoms with Crippen molar-refractivity contribution >= 4 is 0 Å². The van der Waals surface area contributed by atoms with Crippen LogP contribution in [0.2, 0.25) is 0 Å². The molecular weight excluding hydrogens is 441 g/mol. The van der Waals surface area contributed by atoms with Crippen LogP contribution >= 0.6 is 0 Å². The van der Waals surface area contributed by atoms with E-state index in [1.807, 2.05) is 54.3 Å². The van der Waals surface area contributed by atoms with Crippen molar-refractivity contribution in [2.45, 2.75) is 51.0 Å². The summed E-state index contributed by atoms with van der Waals surface area (Å²) in [4.78, 5) is 11.0. The lowest BCUT2D eigenvalue weighted by Gasteiger charge is -2.39. The summed E-state index contributed by atoms with van der Waals surface area (Å²) in [5, 5.41) is 12.0. The number of nitrogens with zero attached hydrogens (tertiary/aromatic N) is 3. The SMILES string of the molecule is C[C@H]1CN[C@@H](C(F)(F)F)CN1Cc1cccc(-c2ccnc(CCCc3ccc(O)cc3)n2)c1. The zero-order valence-corrected chi connectivity index (χ0v) is 19.1. The molecule has 0 amide bonds. The third kappa shape index (κ3) is 6.33. The van der Waals surface area contributed by atoms with E-state index in [0.29, 0.717) is 13.1 Å². The first-order valence-corrected chi connectivity index (χ1v) is 11.5. The Morgan fingerprint density at radius 1 is 1.06 bits per heavy atom. The summed E-state index contributed by atoms with van der Waals surface area (Å²) < 4.78 is 39.6. The maximum absolute atomic E-state index is 13.2. The molecule has 2 atom stereocenters. The van der Waals surface area contributed by atoms with Gasteiger partial charge in [0.05, 0.1) is 5.69 Å². The fraction of sp³-hybridized carbons (Fsp3) is 0.385. The van der Waals surface area contributed by atoms with Gasteiger partial charge in [0, 0.05) is 43.9 Å². The standard InChI is InChI=1S/C26H29F3N4O/c1-18-15-31-24(26(27,28)29)17-33(18)16-20-5-2-6-21(14-20)23-12-13-30-25(32-23)7-3-4-19-8-10-22(34)11-9-19/h2,5-6,8-14,18,24,31,34H,3-4,7,15-17H2,1H3/t18-,24+/m0/s1. The molecule has 34 heavy (non-hydrogen) atoms. The first-order valence-electron chi connectivity index (χ1n) is 11.5. The van der Waals surface area contributed by atoms with Crippen molar-refractivity contribution in [1.82, 2.24) is 20.2 Å². The van der Waals surface area contributed by atoms with Crippen molar-refractivity contribution in [2.75, 3.05) is 13.1 Å². The summed E-state index contributed by atoms with van der Waals surface area (Å²) in [6, 6.07) is 15.4. The zero-order chi connectivity index (χ0) is 24.1. The second-order valence-electron chi connectivity index (χ2n) is 8.86. The lowest BCUT2D eigenvalue weighted by molar-refractivity contribution is -0.168. The van der Waals surface area contributed by atoms with Crippen molar-refractivity contribution in [3.8, 4) is 17.0 Å². The molecule has 1 fully saturated rings. The molecular formula is C26H29F3N4O. The van der Waals surface area contributed by atoms with E-state index in [4.69, 9.17) is 4.98 Å². The Hall–Kier alpha value is -2.97. The van der Waals surface area contributed by atoms with Crippen LogP contribution < -0.4 is 5.32 Å². The van der Waals surface area contributed by atoms with E-state index < -0.39 is 12.2 Å². The van der Waals surface area contributed by atoms with Gasteiger partial charge in [0.1, 0.15) is 17.6 Å². The average molecular weight is 471 g/mol. The normalized spacial score (nSPS) is 19.3. The quantitative estimate of drug-likeness (QED) is 0.522. The number of phenolic OH excluding ortho intramolecular Hbond substituents is 1. The van der Waals surface area contributed by atoms with Crippen molar-refractivity contribution in [3.05, 3.63) is 77.7 Å². The highest BCUT2D eigenvalue weighted by Gasteiger charge is 2.43. The Balaban J connectivity index is 1.40. The number of halogens is 3. The fourth-order valence-electron chi connectivity index (χ4n) is 4.22. The van der Waals surface area contributed by atoms with Crippen molar-refractivity contribution in [1.29, 1.82) is 0 Å². The second-order valence-corrected chi connectivity index (χ2v) is 8.86. The van der Waals surface area contributed by atoms with E-state index in [1.165, 1.54) is 0 Å². The molecule has 2 N–H and O–H groups in total. The number of aromatic hydroxyl groups is 1. The highest BCUT2D eigenvalue weighted by atomic mass is 19.4. The van der Waals surface area contributed by atoms with Gasteiger partial charge in [-0.1, -0.05) is 30.3 Å². The monoisotopic (exact) mass is 470 g/mol. The van der Waals surface area contributed by atoms with Gasteiger partial charge in [-0.05, 0) is 55.2 Å². The molecule has 3 aromatic rings. The summed E-state index contributed by atoms with van der Waals surface area (Å²) in [6.07, 6.45) is -0.0245. The number of hydrogen-bond acceptors (Lipinski definition) is 5. The molecule has 0 unspecified atom stereocenters. The Bertz CT molecular complexity index is 1090. The number of benzene rings is 2. The lowest BCUT2D eigenvalue weighted by Crippen LogP contribution is -2.60. The number of aryl methyl sites for hydroxylation is 2. The van der Waals surface area contributed by atoms with Crippen LogP contribution in [-0.4, -0.2) is 51.3 Å². The van der Waals surface area contributed by atoms with E-state index in [2.05, 4.69) is 10.3 Å². The Kier molecular flexibility index (Phi) is 7.48. The van der Waals surface area contributed by atoms with Crippen molar-refractivity contribution < 1.29 is 18.3 Å². The Labute approximate surface area is 197 Å². The van der Waals surface area contributed by atoms with Gasteiger partial charge in [0.25, 0.3) is 0 Å². The van der Waals surface area contributed by atoms with Crippen LogP contribution in [0.3, 0.4) is 0 Å². The molecule has 1 saturated heterocycles. The van der Waals surface area contributed by atoms with E-state index in [0.717, 1.165) is 47.5 Å². The number of aromatic nitrogens is 2. The van der Waals surface area contributed by atoms with Crippen molar-refractivity contribution in [2.24, 2.45) is 0 Å². The number of rotatable bonds is 7. The number of piperazine rings is 1. The van der Waals surface area contributed by atoms with Gasteiger partial charge < -0.3 is 10.4 Å². The minimum atomic E-state index is -4.25. The first-order chi connectivity index (χ1) is 16.3. The van der Waals surface area contributed by atoms with Crippen LogP contribution in [0, 0.1) is 0 Å². The predicted octanol–water partition coefficient (Wildman–Crippen LogP) is 4.75. The minimum Gasteiger partial charge on any atom is -0.508 e. The molecule has 0 aliphatic carbocycles. The number of hydrogen-bond donors (Lipinski definition) is 2. The van der Waals surface area contributed by atoms with E-state index in [9.17, 15) is 18.3 Å². The predicted molar refractivity (Wildman–Crippen MR) is 125 cm³/mol. The van der Waals surface area contributed by atoms with E-state index >= 15 is 0 Å². The van der Waals surface area contributed by atoms with Gasteiger partial charge in [0.15, 0.2) is 0 Å². The molecule has 180 valence electrons. The first kappa shape index (κ1) is 24.2. The molecule has 2 heterocycles. The van der Waals surface area contributed by atoms with Crippen LogP contribution in [0.5, 0.6) is 5.75 Å². The third-order valence-electron chi connectivity index (χ3n) is 6.21. The highest BCUT2D eigenvalue weighted by molar-refractivity contribution is 5.59. The van der Waals surface area contributed by atoms with Crippen LogP contribution in [0.15, 0.2) is 60.8 Å². The maximum atomic E-state index is 13.2. The molecule has 1 aliphatic rings. The number of alkyl halides is 3. The topological polar surface area (TPSA) is 61.3 Å².